The van der Waals surface area contributed by atoms with E-state index in [0.29, 0.717) is 12.5 Å². The minimum atomic E-state index is -0.340. The first-order valence-electron chi connectivity index (χ1n) is 7.58. The molecular weight excluding hydrogens is 262 g/mol. The number of aryl methyl sites for hydroxylation is 2. The van der Waals surface area contributed by atoms with E-state index in [9.17, 15) is 4.79 Å². The first-order chi connectivity index (χ1) is 9.77. The fourth-order valence-corrected chi connectivity index (χ4v) is 2.73. The van der Waals surface area contributed by atoms with Crippen LogP contribution in [0.1, 0.15) is 38.3 Å². The van der Waals surface area contributed by atoms with Gasteiger partial charge in [-0.3, -0.25) is 4.79 Å². The van der Waals surface area contributed by atoms with Gasteiger partial charge in [0.2, 0.25) is 5.91 Å². The fraction of sp³-hybridized carbons (Fsp3) is 0.588. The molecule has 0 bridgehead atoms. The summed E-state index contributed by atoms with van der Waals surface area (Å²) in [6, 6.07) is 6.09. The molecule has 0 spiro atoms. The molecule has 0 heterocycles. The van der Waals surface area contributed by atoms with Gasteiger partial charge in [-0.05, 0) is 44.2 Å². The third kappa shape index (κ3) is 5.38. The third-order valence-corrected chi connectivity index (χ3v) is 3.66. The van der Waals surface area contributed by atoms with Gasteiger partial charge < -0.3 is 16.4 Å². The van der Waals surface area contributed by atoms with Gasteiger partial charge >= 0.3 is 0 Å². The summed E-state index contributed by atoms with van der Waals surface area (Å²) >= 11 is 0. The Kier molecular flexibility index (Phi) is 6.21. The molecule has 21 heavy (non-hydrogen) atoms. The van der Waals surface area contributed by atoms with E-state index < -0.39 is 0 Å². The fourth-order valence-electron chi connectivity index (χ4n) is 2.73. The van der Waals surface area contributed by atoms with Crippen LogP contribution < -0.4 is 16.4 Å². The summed E-state index contributed by atoms with van der Waals surface area (Å²) in [5.41, 5.74) is 8.81. The summed E-state index contributed by atoms with van der Waals surface area (Å²) in [4.78, 5) is 12.2. The van der Waals surface area contributed by atoms with E-state index in [2.05, 4.69) is 24.5 Å². The Labute approximate surface area is 128 Å². The largest absolute Gasteiger partial charge is 0.376 e. The number of rotatable bonds is 7. The standard InChI is InChI=1S/C17H29N3O/c1-12(2)9-17(5,11-18)20-15(21)10-19-16-13(3)7-6-8-14(16)4/h6-8,12,19H,9-11,18H2,1-5H3,(H,20,21). The van der Waals surface area contributed by atoms with Crippen LogP contribution in [0.2, 0.25) is 0 Å². The maximum absolute atomic E-state index is 12.2. The summed E-state index contributed by atoms with van der Waals surface area (Å²) in [5.74, 6) is 0.469. The lowest BCUT2D eigenvalue weighted by Gasteiger charge is -2.31. The van der Waals surface area contributed by atoms with Crippen molar-refractivity contribution in [2.24, 2.45) is 11.7 Å². The molecule has 4 heteroatoms. The summed E-state index contributed by atoms with van der Waals surface area (Å²) in [6.45, 7) is 11.1. The molecule has 1 rings (SSSR count). The van der Waals surface area contributed by atoms with Crippen molar-refractivity contribution in [3.8, 4) is 0 Å². The Hall–Kier alpha value is -1.55. The van der Waals surface area contributed by atoms with Gasteiger partial charge in [-0.1, -0.05) is 32.0 Å². The molecular formula is C17H29N3O. The van der Waals surface area contributed by atoms with Crippen molar-refractivity contribution in [1.29, 1.82) is 0 Å². The van der Waals surface area contributed by atoms with Gasteiger partial charge in [0.25, 0.3) is 0 Å². The monoisotopic (exact) mass is 291 g/mol. The smallest absolute Gasteiger partial charge is 0.239 e. The van der Waals surface area contributed by atoms with Gasteiger partial charge in [0.05, 0.1) is 6.54 Å². The van der Waals surface area contributed by atoms with E-state index in [1.807, 2.05) is 39.0 Å². The first-order valence-corrected chi connectivity index (χ1v) is 7.58. The predicted octanol–water partition coefficient (Wildman–Crippen LogP) is 2.60. The average Bonchev–Trinajstić information content (AvgIpc) is 2.37. The molecule has 118 valence electrons. The maximum Gasteiger partial charge on any atom is 0.239 e. The third-order valence-electron chi connectivity index (χ3n) is 3.66. The van der Waals surface area contributed by atoms with Crippen LogP contribution in [-0.2, 0) is 4.79 Å². The molecule has 0 aromatic heterocycles. The van der Waals surface area contributed by atoms with E-state index in [4.69, 9.17) is 5.73 Å². The van der Waals surface area contributed by atoms with E-state index >= 15 is 0 Å². The van der Waals surface area contributed by atoms with Gasteiger partial charge in [-0.2, -0.15) is 0 Å². The van der Waals surface area contributed by atoms with Crippen LogP contribution in [0.15, 0.2) is 18.2 Å². The van der Waals surface area contributed by atoms with Crippen LogP contribution >= 0.6 is 0 Å². The second kappa shape index (κ2) is 7.46. The first kappa shape index (κ1) is 17.5. The highest BCUT2D eigenvalue weighted by Gasteiger charge is 2.25. The Morgan fingerprint density at radius 1 is 1.29 bits per heavy atom. The summed E-state index contributed by atoms with van der Waals surface area (Å²) in [6.07, 6.45) is 0.874. The van der Waals surface area contributed by atoms with E-state index in [1.165, 1.54) is 0 Å². The van der Waals surface area contributed by atoms with Crippen molar-refractivity contribution in [3.63, 3.8) is 0 Å². The van der Waals surface area contributed by atoms with E-state index in [-0.39, 0.29) is 18.0 Å². The summed E-state index contributed by atoms with van der Waals surface area (Å²) in [5, 5.41) is 6.29. The van der Waals surface area contributed by atoms with Crippen LogP contribution in [0.5, 0.6) is 0 Å². The van der Waals surface area contributed by atoms with Gasteiger partial charge in [0, 0.05) is 17.8 Å². The van der Waals surface area contributed by atoms with Crippen molar-refractivity contribution in [3.05, 3.63) is 29.3 Å². The molecule has 0 aliphatic rings. The van der Waals surface area contributed by atoms with Crippen LogP contribution in [0.25, 0.3) is 0 Å². The van der Waals surface area contributed by atoms with Crippen LogP contribution in [0.3, 0.4) is 0 Å². The minimum absolute atomic E-state index is 0.0220. The Morgan fingerprint density at radius 3 is 2.33 bits per heavy atom. The molecule has 1 amide bonds. The van der Waals surface area contributed by atoms with Crippen LogP contribution in [0, 0.1) is 19.8 Å². The minimum Gasteiger partial charge on any atom is -0.376 e. The lowest BCUT2D eigenvalue weighted by atomic mass is 9.91. The zero-order valence-electron chi connectivity index (χ0n) is 13.9. The lowest BCUT2D eigenvalue weighted by molar-refractivity contribution is -0.121. The highest BCUT2D eigenvalue weighted by atomic mass is 16.2. The highest BCUT2D eigenvalue weighted by Crippen LogP contribution is 2.19. The Bertz CT molecular complexity index is 465. The predicted molar refractivity (Wildman–Crippen MR) is 89.5 cm³/mol. The zero-order valence-corrected chi connectivity index (χ0v) is 13.9. The summed E-state index contributed by atoms with van der Waals surface area (Å²) in [7, 11) is 0. The Balaban J connectivity index is 2.61. The van der Waals surface area contributed by atoms with Gasteiger partial charge in [0.1, 0.15) is 0 Å². The molecule has 4 nitrogen and oxygen atoms in total. The number of carbonyl (C=O) groups excluding carboxylic acids is 1. The molecule has 0 fully saturated rings. The number of nitrogens with one attached hydrogen (secondary N) is 2. The average molecular weight is 291 g/mol. The highest BCUT2D eigenvalue weighted by molar-refractivity contribution is 5.82. The van der Waals surface area contributed by atoms with Crippen molar-refractivity contribution in [1.82, 2.24) is 5.32 Å². The normalized spacial score (nSPS) is 13.9. The summed E-state index contributed by atoms with van der Waals surface area (Å²) < 4.78 is 0. The second-order valence-electron chi connectivity index (χ2n) is 6.53. The molecule has 4 N–H and O–H groups in total. The van der Waals surface area contributed by atoms with Crippen LogP contribution in [0.4, 0.5) is 5.69 Å². The van der Waals surface area contributed by atoms with Crippen molar-refractivity contribution in [2.45, 2.75) is 46.6 Å². The van der Waals surface area contributed by atoms with Gasteiger partial charge in [0.15, 0.2) is 0 Å². The lowest BCUT2D eigenvalue weighted by Crippen LogP contribution is -2.53. The number of hydrogen-bond acceptors (Lipinski definition) is 3. The molecule has 0 aliphatic heterocycles. The number of hydrogen-bond donors (Lipinski definition) is 3. The van der Waals surface area contributed by atoms with Crippen LogP contribution in [-0.4, -0.2) is 24.5 Å². The number of amides is 1. The van der Waals surface area contributed by atoms with E-state index in [1.54, 1.807) is 0 Å². The number of nitrogens with two attached hydrogens (primary N) is 1. The molecule has 0 radical (unpaired) electrons. The number of anilines is 1. The van der Waals surface area contributed by atoms with Crippen molar-refractivity contribution < 1.29 is 4.79 Å². The molecule has 0 aliphatic carbocycles. The van der Waals surface area contributed by atoms with Crippen molar-refractivity contribution in [2.75, 3.05) is 18.4 Å². The topological polar surface area (TPSA) is 67.2 Å². The number of para-hydroxylation sites is 1. The SMILES string of the molecule is Cc1cccc(C)c1NCC(=O)NC(C)(CN)CC(C)C. The quantitative estimate of drug-likeness (QED) is 0.723. The van der Waals surface area contributed by atoms with Crippen molar-refractivity contribution >= 4 is 11.6 Å². The zero-order chi connectivity index (χ0) is 16.0. The molecule has 1 aromatic carbocycles. The number of benzene rings is 1. The molecule has 1 atom stereocenters. The van der Waals surface area contributed by atoms with Gasteiger partial charge in [-0.25, -0.2) is 0 Å². The molecule has 1 unspecified atom stereocenters. The Morgan fingerprint density at radius 2 is 1.86 bits per heavy atom. The van der Waals surface area contributed by atoms with E-state index in [0.717, 1.165) is 23.2 Å². The molecule has 0 saturated heterocycles. The second-order valence-corrected chi connectivity index (χ2v) is 6.53. The van der Waals surface area contributed by atoms with Gasteiger partial charge in [-0.15, -0.1) is 0 Å². The molecule has 0 saturated carbocycles. The maximum atomic E-state index is 12.2. The molecule has 1 aromatic rings. The number of carbonyl (C=O) groups is 1.